The lowest BCUT2D eigenvalue weighted by Crippen LogP contribution is -2.29. The van der Waals surface area contributed by atoms with E-state index in [2.05, 4.69) is 32.4 Å². The summed E-state index contributed by atoms with van der Waals surface area (Å²) in [7, 11) is 0. The third-order valence-corrected chi connectivity index (χ3v) is 5.85. The van der Waals surface area contributed by atoms with Crippen molar-refractivity contribution in [2.75, 3.05) is 11.1 Å². The van der Waals surface area contributed by atoms with E-state index in [1.165, 1.54) is 23.1 Å². The van der Waals surface area contributed by atoms with Crippen LogP contribution in [0.25, 0.3) is 0 Å². The van der Waals surface area contributed by atoms with Crippen LogP contribution < -0.4 is 10.6 Å². The van der Waals surface area contributed by atoms with Crippen LogP contribution in [0.2, 0.25) is 0 Å². The molecule has 0 fully saturated rings. The van der Waals surface area contributed by atoms with Crippen LogP contribution >= 0.6 is 23.1 Å². The van der Waals surface area contributed by atoms with E-state index in [0.29, 0.717) is 28.2 Å². The fourth-order valence-electron chi connectivity index (χ4n) is 2.77. The zero-order chi connectivity index (χ0) is 21.5. The summed E-state index contributed by atoms with van der Waals surface area (Å²) in [6.45, 7) is 7.99. The largest absolute Gasteiger partial charge is 0.342 e. The van der Waals surface area contributed by atoms with Crippen molar-refractivity contribution in [1.29, 1.82) is 0 Å². The first-order valence-corrected chi connectivity index (χ1v) is 11.1. The first-order valence-electron chi connectivity index (χ1n) is 9.22. The number of anilines is 1. The van der Waals surface area contributed by atoms with E-state index in [9.17, 15) is 9.59 Å². The van der Waals surface area contributed by atoms with Gasteiger partial charge in [0, 0.05) is 23.7 Å². The molecule has 10 heteroatoms. The minimum absolute atomic E-state index is 0.165. The van der Waals surface area contributed by atoms with Gasteiger partial charge >= 0.3 is 0 Å². The minimum atomic E-state index is -0.372. The number of amides is 2. The summed E-state index contributed by atoms with van der Waals surface area (Å²) in [6, 6.07) is 7.03. The van der Waals surface area contributed by atoms with Gasteiger partial charge in [0.15, 0.2) is 16.1 Å². The monoisotopic (exact) mass is 442 g/mol. The van der Waals surface area contributed by atoms with Crippen molar-refractivity contribution in [3.8, 4) is 0 Å². The summed E-state index contributed by atoms with van der Waals surface area (Å²) < 4.78 is 1.84. The number of carbonyl (C=O) groups excluding carboxylic acids is 2. The van der Waals surface area contributed by atoms with Gasteiger partial charge in [-0.25, -0.2) is 4.98 Å². The number of allylic oxidation sites excluding steroid dienone is 1. The highest BCUT2D eigenvalue weighted by Gasteiger charge is 2.21. The molecule has 0 aliphatic rings. The maximum atomic E-state index is 12.6. The van der Waals surface area contributed by atoms with E-state index in [0.717, 1.165) is 5.56 Å². The number of aromatic nitrogens is 4. The Balaban J connectivity index is 1.68. The van der Waals surface area contributed by atoms with E-state index in [4.69, 9.17) is 0 Å². The molecule has 1 aromatic carbocycles. The van der Waals surface area contributed by atoms with E-state index in [1.54, 1.807) is 23.7 Å². The van der Waals surface area contributed by atoms with Gasteiger partial charge in [0.1, 0.15) is 0 Å². The highest BCUT2D eigenvalue weighted by Crippen LogP contribution is 2.22. The molecule has 0 aliphatic carbocycles. The van der Waals surface area contributed by atoms with Gasteiger partial charge in [-0.15, -0.1) is 28.1 Å². The normalized spacial score (nSPS) is 11.7. The Labute approximate surface area is 182 Å². The Kier molecular flexibility index (Phi) is 7.36. The van der Waals surface area contributed by atoms with Crippen molar-refractivity contribution in [2.24, 2.45) is 0 Å². The summed E-state index contributed by atoms with van der Waals surface area (Å²) in [5.41, 5.74) is 1.52. The number of carbonyl (C=O) groups is 2. The number of rotatable bonds is 9. The molecule has 2 heterocycles. The number of nitrogens with one attached hydrogen (secondary N) is 2. The molecule has 0 saturated heterocycles. The molecule has 1 atom stereocenters. The Morgan fingerprint density at radius 3 is 2.83 bits per heavy atom. The van der Waals surface area contributed by atoms with Crippen molar-refractivity contribution in [1.82, 2.24) is 25.1 Å². The Hall–Kier alpha value is -2.98. The lowest BCUT2D eigenvalue weighted by molar-refractivity contribution is -0.113. The van der Waals surface area contributed by atoms with Gasteiger partial charge in [-0.2, -0.15) is 0 Å². The molecule has 2 aromatic heterocycles. The molecule has 3 aromatic rings. The lowest BCUT2D eigenvalue weighted by Gasteiger charge is -2.16. The fourth-order valence-corrected chi connectivity index (χ4v) is 4.06. The summed E-state index contributed by atoms with van der Waals surface area (Å²) in [5.74, 6) is 0.412. The predicted octanol–water partition coefficient (Wildman–Crippen LogP) is 3.45. The van der Waals surface area contributed by atoms with Gasteiger partial charge in [-0.3, -0.25) is 9.59 Å². The third-order valence-electron chi connectivity index (χ3n) is 4.19. The molecule has 1 unspecified atom stereocenters. The molecule has 156 valence electrons. The maximum absolute atomic E-state index is 12.6. The minimum Gasteiger partial charge on any atom is -0.342 e. The number of aryl methyl sites for hydroxylation is 1. The topological polar surface area (TPSA) is 102 Å². The zero-order valence-electron chi connectivity index (χ0n) is 16.7. The van der Waals surface area contributed by atoms with Crippen molar-refractivity contribution in [3.63, 3.8) is 0 Å². The Morgan fingerprint density at radius 2 is 2.13 bits per heavy atom. The van der Waals surface area contributed by atoms with Crippen LogP contribution in [0.5, 0.6) is 0 Å². The van der Waals surface area contributed by atoms with Crippen LogP contribution in [-0.4, -0.2) is 37.3 Å². The number of hydrogen-bond acceptors (Lipinski definition) is 7. The van der Waals surface area contributed by atoms with Gasteiger partial charge in [-0.1, -0.05) is 36.0 Å². The smallest absolute Gasteiger partial charge is 0.252 e. The van der Waals surface area contributed by atoms with Gasteiger partial charge in [0.25, 0.3) is 5.91 Å². The summed E-state index contributed by atoms with van der Waals surface area (Å²) in [5, 5.41) is 17.1. The fraction of sp³-hybridized carbons (Fsp3) is 0.250. The average Bonchev–Trinajstić information content (AvgIpc) is 3.37. The van der Waals surface area contributed by atoms with Crippen molar-refractivity contribution in [2.45, 2.75) is 31.6 Å². The van der Waals surface area contributed by atoms with E-state index >= 15 is 0 Å². The Bertz CT molecular complexity index is 1030. The molecular weight excluding hydrogens is 420 g/mol. The third kappa shape index (κ3) is 5.33. The molecule has 0 radical (unpaired) electrons. The lowest BCUT2D eigenvalue weighted by atomic mass is 10.1. The van der Waals surface area contributed by atoms with Gasteiger partial charge < -0.3 is 15.2 Å². The summed E-state index contributed by atoms with van der Waals surface area (Å²) in [4.78, 5) is 28.8. The molecule has 0 aliphatic heterocycles. The molecule has 0 spiro atoms. The first-order chi connectivity index (χ1) is 14.5. The second kappa shape index (κ2) is 10.2. The van der Waals surface area contributed by atoms with Crippen LogP contribution in [-0.2, 0) is 11.3 Å². The van der Waals surface area contributed by atoms with Crippen LogP contribution in [0.15, 0.2) is 53.7 Å². The second-order valence-corrected chi connectivity index (χ2v) is 8.26. The Morgan fingerprint density at radius 1 is 1.33 bits per heavy atom. The first kappa shape index (κ1) is 21.7. The molecule has 0 bridgehead atoms. The van der Waals surface area contributed by atoms with Gasteiger partial charge in [0.2, 0.25) is 5.91 Å². The number of benzene rings is 1. The predicted molar refractivity (Wildman–Crippen MR) is 119 cm³/mol. The van der Waals surface area contributed by atoms with E-state index in [-0.39, 0.29) is 23.6 Å². The number of nitrogens with zero attached hydrogens (tertiary/aromatic N) is 4. The van der Waals surface area contributed by atoms with Crippen LogP contribution in [0.4, 0.5) is 5.13 Å². The molecular formula is C20H22N6O2S2. The van der Waals surface area contributed by atoms with Crippen LogP contribution in [0.1, 0.15) is 34.7 Å². The SMILES string of the molecule is C=CCn1c(SCC(=O)Nc2nccs2)nnc1C(C)NC(=O)c1ccccc1C. The van der Waals surface area contributed by atoms with E-state index < -0.39 is 0 Å². The molecule has 2 N–H and O–H groups in total. The molecule has 8 nitrogen and oxygen atoms in total. The highest BCUT2D eigenvalue weighted by molar-refractivity contribution is 7.99. The van der Waals surface area contributed by atoms with Crippen molar-refractivity contribution < 1.29 is 9.59 Å². The van der Waals surface area contributed by atoms with Crippen molar-refractivity contribution >= 4 is 40.0 Å². The second-order valence-electron chi connectivity index (χ2n) is 6.42. The van der Waals surface area contributed by atoms with E-state index in [1.807, 2.05) is 36.6 Å². The average molecular weight is 443 g/mol. The number of thioether (sulfide) groups is 1. The summed E-state index contributed by atoms with van der Waals surface area (Å²) >= 11 is 2.62. The summed E-state index contributed by atoms with van der Waals surface area (Å²) in [6.07, 6.45) is 3.36. The number of hydrogen-bond donors (Lipinski definition) is 2. The number of thiazole rings is 1. The van der Waals surface area contributed by atoms with Crippen LogP contribution in [0, 0.1) is 6.92 Å². The maximum Gasteiger partial charge on any atom is 0.252 e. The molecule has 30 heavy (non-hydrogen) atoms. The van der Waals surface area contributed by atoms with Gasteiger partial charge in [0.05, 0.1) is 11.8 Å². The van der Waals surface area contributed by atoms with Crippen LogP contribution in [0.3, 0.4) is 0 Å². The molecule has 2 amide bonds. The van der Waals surface area contributed by atoms with Gasteiger partial charge in [-0.05, 0) is 25.5 Å². The quantitative estimate of drug-likeness (QED) is 0.389. The molecule has 0 saturated carbocycles. The molecule has 3 rings (SSSR count). The zero-order valence-corrected chi connectivity index (χ0v) is 18.3. The standard InChI is InChI=1S/C20H22N6O2S2/c1-4-10-26-17(14(3)22-18(28)15-8-6-5-7-13(15)2)24-25-20(26)30-12-16(27)23-19-21-9-11-29-19/h4-9,11,14H,1,10,12H2,2-3H3,(H,22,28)(H,21,23,27). The highest BCUT2D eigenvalue weighted by atomic mass is 32.2. The van der Waals surface area contributed by atoms with Crippen molar-refractivity contribution in [3.05, 3.63) is 65.4 Å².